The number of rotatable bonds is 5. The molecule has 2 fully saturated rings. The second-order valence-electron chi connectivity index (χ2n) is 8.59. The van der Waals surface area contributed by atoms with Gasteiger partial charge >= 0.3 is 0 Å². The Morgan fingerprint density at radius 2 is 1.76 bits per heavy atom. The summed E-state index contributed by atoms with van der Waals surface area (Å²) in [5.74, 6) is 0.465. The highest BCUT2D eigenvalue weighted by molar-refractivity contribution is 5.86. The Morgan fingerprint density at radius 1 is 1.03 bits per heavy atom. The summed E-state index contributed by atoms with van der Waals surface area (Å²) >= 11 is 0. The molecule has 1 saturated heterocycles. The molecule has 2 aliphatic rings. The Labute approximate surface area is 173 Å². The van der Waals surface area contributed by atoms with Gasteiger partial charge in [-0.1, -0.05) is 67.4 Å². The van der Waals surface area contributed by atoms with Crippen LogP contribution in [0, 0.1) is 11.3 Å². The van der Waals surface area contributed by atoms with Crippen molar-refractivity contribution < 1.29 is 9.59 Å². The van der Waals surface area contributed by atoms with Crippen molar-refractivity contribution in [1.29, 1.82) is 0 Å². The molecule has 1 atom stereocenters. The molecule has 1 aliphatic heterocycles. The van der Waals surface area contributed by atoms with Crippen molar-refractivity contribution in [3.8, 4) is 11.1 Å². The molecule has 4 rings (SSSR count). The van der Waals surface area contributed by atoms with Crippen LogP contribution in [0.25, 0.3) is 11.1 Å². The lowest BCUT2D eigenvalue weighted by Gasteiger charge is -2.28. The van der Waals surface area contributed by atoms with Crippen LogP contribution in [-0.4, -0.2) is 36.9 Å². The third-order valence-corrected chi connectivity index (χ3v) is 6.66. The number of hydrogen-bond acceptors (Lipinski definition) is 2. The first-order valence-electron chi connectivity index (χ1n) is 10.8. The first-order chi connectivity index (χ1) is 14.1. The van der Waals surface area contributed by atoms with E-state index in [-0.39, 0.29) is 17.7 Å². The highest BCUT2D eigenvalue weighted by Gasteiger charge is 2.46. The zero-order valence-electron chi connectivity index (χ0n) is 17.2. The molecular formula is C25H30N2O2. The molecule has 2 aromatic carbocycles. The fourth-order valence-corrected chi connectivity index (χ4v) is 5.05. The highest BCUT2D eigenvalue weighted by Crippen LogP contribution is 2.37. The summed E-state index contributed by atoms with van der Waals surface area (Å²) in [5, 5.41) is 2.87. The quantitative estimate of drug-likeness (QED) is 0.837. The van der Waals surface area contributed by atoms with E-state index in [9.17, 15) is 9.59 Å². The number of nitrogens with zero attached hydrogens (tertiary/aromatic N) is 1. The SMILES string of the molecule is CNC(=O)[C@]1(Cc2cccc(-c3ccccc3)c2)CCN(C(=O)C2CCCC2)C1. The molecule has 4 heteroatoms. The minimum Gasteiger partial charge on any atom is -0.359 e. The number of nitrogens with one attached hydrogen (secondary N) is 1. The standard InChI is InChI=1S/C25H30N2O2/c1-26-24(29)25(14-15-27(18-25)23(28)21-11-5-6-12-21)17-19-8-7-13-22(16-19)20-9-3-2-4-10-20/h2-4,7-10,13,16,21H,5-6,11-12,14-15,17-18H2,1H3,(H,26,29)/t25-/m0/s1. The van der Waals surface area contributed by atoms with Crippen LogP contribution in [0.3, 0.4) is 0 Å². The first-order valence-corrected chi connectivity index (χ1v) is 10.8. The van der Waals surface area contributed by atoms with Gasteiger partial charge in [0.2, 0.25) is 11.8 Å². The molecular weight excluding hydrogens is 360 g/mol. The molecule has 0 bridgehead atoms. The fourth-order valence-electron chi connectivity index (χ4n) is 5.05. The van der Waals surface area contributed by atoms with Gasteiger partial charge in [-0.15, -0.1) is 0 Å². The molecule has 1 saturated carbocycles. The molecule has 29 heavy (non-hydrogen) atoms. The maximum Gasteiger partial charge on any atom is 0.228 e. The number of carbonyl (C=O) groups excluding carboxylic acids is 2. The third-order valence-electron chi connectivity index (χ3n) is 6.66. The van der Waals surface area contributed by atoms with Gasteiger partial charge in [-0.3, -0.25) is 9.59 Å². The smallest absolute Gasteiger partial charge is 0.228 e. The van der Waals surface area contributed by atoms with Gasteiger partial charge in [0.15, 0.2) is 0 Å². The van der Waals surface area contributed by atoms with Crippen LogP contribution in [0.4, 0.5) is 0 Å². The van der Waals surface area contributed by atoms with Crippen molar-refractivity contribution in [1.82, 2.24) is 10.2 Å². The largest absolute Gasteiger partial charge is 0.359 e. The summed E-state index contributed by atoms with van der Waals surface area (Å²) in [7, 11) is 1.70. The maximum atomic E-state index is 12.9. The van der Waals surface area contributed by atoms with Crippen LogP contribution in [0.2, 0.25) is 0 Å². The monoisotopic (exact) mass is 390 g/mol. The predicted molar refractivity (Wildman–Crippen MR) is 115 cm³/mol. The molecule has 0 aromatic heterocycles. The summed E-state index contributed by atoms with van der Waals surface area (Å²) in [6, 6.07) is 18.7. The normalized spacial score (nSPS) is 22.0. The van der Waals surface area contributed by atoms with E-state index in [2.05, 4.69) is 41.7 Å². The van der Waals surface area contributed by atoms with Crippen LogP contribution in [0.1, 0.15) is 37.7 Å². The number of benzene rings is 2. The van der Waals surface area contributed by atoms with Crippen LogP contribution in [-0.2, 0) is 16.0 Å². The van der Waals surface area contributed by atoms with Crippen molar-refractivity contribution >= 4 is 11.8 Å². The second kappa shape index (κ2) is 8.40. The van der Waals surface area contributed by atoms with Gasteiger partial charge in [-0.05, 0) is 42.4 Å². The summed E-state index contributed by atoms with van der Waals surface area (Å²) in [4.78, 5) is 27.8. The number of hydrogen-bond donors (Lipinski definition) is 1. The fraction of sp³-hybridized carbons (Fsp3) is 0.440. The number of likely N-dealkylation sites (tertiary alicyclic amines) is 1. The van der Waals surface area contributed by atoms with E-state index in [1.54, 1.807) is 7.05 Å². The van der Waals surface area contributed by atoms with Gasteiger partial charge in [0.1, 0.15) is 0 Å². The van der Waals surface area contributed by atoms with Crippen molar-refractivity contribution in [2.75, 3.05) is 20.1 Å². The van der Waals surface area contributed by atoms with Gasteiger partial charge in [-0.25, -0.2) is 0 Å². The molecule has 0 spiro atoms. The van der Waals surface area contributed by atoms with E-state index in [0.29, 0.717) is 19.5 Å². The van der Waals surface area contributed by atoms with E-state index in [1.807, 2.05) is 23.1 Å². The summed E-state index contributed by atoms with van der Waals surface area (Å²) in [5.41, 5.74) is 2.93. The molecule has 4 nitrogen and oxygen atoms in total. The van der Waals surface area contributed by atoms with E-state index in [4.69, 9.17) is 0 Å². The van der Waals surface area contributed by atoms with Crippen LogP contribution in [0.15, 0.2) is 54.6 Å². The second-order valence-corrected chi connectivity index (χ2v) is 8.59. The van der Waals surface area contributed by atoms with Crippen molar-refractivity contribution in [2.24, 2.45) is 11.3 Å². The van der Waals surface area contributed by atoms with Gasteiger partial charge in [0.25, 0.3) is 0 Å². The number of amides is 2. The zero-order chi connectivity index (χ0) is 20.3. The van der Waals surface area contributed by atoms with Gasteiger partial charge in [0, 0.05) is 26.1 Å². The Bertz CT molecular complexity index is 873. The van der Waals surface area contributed by atoms with Gasteiger partial charge in [0.05, 0.1) is 5.41 Å². The minimum absolute atomic E-state index is 0.0457. The first kappa shape index (κ1) is 19.7. The lowest BCUT2D eigenvalue weighted by molar-refractivity contribution is -0.136. The lowest BCUT2D eigenvalue weighted by atomic mass is 9.79. The molecule has 0 radical (unpaired) electrons. The van der Waals surface area contributed by atoms with Crippen molar-refractivity contribution in [2.45, 2.75) is 38.5 Å². The van der Waals surface area contributed by atoms with E-state index >= 15 is 0 Å². The van der Waals surface area contributed by atoms with Gasteiger partial charge < -0.3 is 10.2 Å². The molecule has 1 N–H and O–H groups in total. The van der Waals surface area contributed by atoms with Crippen LogP contribution < -0.4 is 5.32 Å². The van der Waals surface area contributed by atoms with Crippen molar-refractivity contribution in [3.05, 3.63) is 60.2 Å². The minimum atomic E-state index is -0.543. The summed E-state index contributed by atoms with van der Waals surface area (Å²) < 4.78 is 0. The average molecular weight is 391 g/mol. The molecule has 1 heterocycles. The Hall–Kier alpha value is -2.62. The summed E-state index contributed by atoms with van der Waals surface area (Å²) in [6.45, 7) is 1.21. The van der Waals surface area contributed by atoms with Crippen LogP contribution in [0.5, 0.6) is 0 Å². The van der Waals surface area contributed by atoms with E-state index < -0.39 is 5.41 Å². The van der Waals surface area contributed by atoms with Crippen LogP contribution >= 0.6 is 0 Å². The number of carbonyl (C=O) groups is 2. The van der Waals surface area contributed by atoms with E-state index in [1.165, 1.54) is 5.56 Å². The molecule has 152 valence electrons. The predicted octanol–water partition coefficient (Wildman–Crippen LogP) is 4.05. The Balaban J connectivity index is 1.55. The highest BCUT2D eigenvalue weighted by atomic mass is 16.2. The Morgan fingerprint density at radius 3 is 2.48 bits per heavy atom. The summed E-state index contributed by atoms with van der Waals surface area (Å²) in [6.07, 6.45) is 5.68. The topological polar surface area (TPSA) is 49.4 Å². The lowest BCUT2D eigenvalue weighted by Crippen LogP contribution is -2.44. The van der Waals surface area contributed by atoms with Crippen molar-refractivity contribution in [3.63, 3.8) is 0 Å². The molecule has 2 amide bonds. The molecule has 1 aliphatic carbocycles. The van der Waals surface area contributed by atoms with Gasteiger partial charge in [-0.2, -0.15) is 0 Å². The Kier molecular flexibility index (Phi) is 5.70. The maximum absolute atomic E-state index is 12.9. The zero-order valence-corrected chi connectivity index (χ0v) is 17.2. The third kappa shape index (κ3) is 4.07. The average Bonchev–Trinajstić information content (AvgIpc) is 3.45. The molecule has 0 unspecified atom stereocenters. The molecule has 2 aromatic rings. The van der Waals surface area contributed by atoms with E-state index in [0.717, 1.165) is 43.2 Å².